The molecule has 170 valence electrons. The van der Waals surface area contributed by atoms with E-state index in [-0.39, 0.29) is 35.1 Å². The van der Waals surface area contributed by atoms with Crippen LogP contribution < -0.4 is 10.6 Å². The van der Waals surface area contributed by atoms with E-state index in [0.717, 1.165) is 24.4 Å². The van der Waals surface area contributed by atoms with Crippen molar-refractivity contribution in [1.29, 1.82) is 0 Å². The second kappa shape index (κ2) is 8.93. The summed E-state index contributed by atoms with van der Waals surface area (Å²) in [6.45, 7) is 3.72. The van der Waals surface area contributed by atoms with E-state index in [2.05, 4.69) is 35.6 Å². The predicted octanol–water partition coefficient (Wildman–Crippen LogP) is 5.32. The molecule has 0 fully saturated rings. The van der Waals surface area contributed by atoms with Crippen LogP contribution in [-0.2, 0) is 12.4 Å². The van der Waals surface area contributed by atoms with Crippen molar-refractivity contribution in [3.8, 4) is 11.5 Å². The number of hydrogen-bond acceptors (Lipinski definition) is 7. The third-order valence-electron chi connectivity index (χ3n) is 4.20. The monoisotopic (exact) mass is 457 g/mol. The number of hydrogen-bond donors (Lipinski definition) is 2. The summed E-state index contributed by atoms with van der Waals surface area (Å²) >= 11 is 0. The topological polar surface area (TPSA) is 88.5 Å². The van der Waals surface area contributed by atoms with Crippen LogP contribution in [0.2, 0.25) is 0 Å². The molecule has 32 heavy (non-hydrogen) atoms. The normalized spacial score (nSPS) is 13.0. The second-order valence-corrected chi connectivity index (χ2v) is 6.72. The highest BCUT2D eigenvalue weighted by atomic mass is 19.4. The number of anilines is 3. The number of pyridine rings is 2. The third-order valence-corrected chi connectivity index (χ3v) is 4.20. The molecule has 1 atom stereocenters. The van der Waals surface area contributed by atoms with Gasteiger partial charge >= 0.3 is 12.4 Å². The van der Waals surface area contributed by atoms with Gasteiger partial charge in [-0.15, -0.1) is 0 Å². The summed E-state index contributed by atoms with van der Waals surface area (Å²) in [7, 11) is 0. The van der Waals surface area contributed by atoms with E-state index < -0.39 is 23.7 Å². The Balaban J connectivity index is 2.03. The zero-order valence-electron chi connectivity index (χ0n) is 16.8. The summed E-state index contributed by atoms with van der Waals surface area (Å²) in [5, 5.41) is 5.57. The van der Waals surface area contributed by atoms with E-state index in [9.17, 15) is 26.3 Å². The van der Waals surface area contributed by atoms with E-state index >= 15 is 0 Å². The minimum atomic E-state index is -4.67. The molecule has 3 aromatic rings. The number of alkyl halides is 6. The van der Waals surface area contributed by atoms with Crippen LogP contribution in [0.5, 0.6) is 0 Å². The number of aromatic nitrogens is 5. The van der Waals surface area contributed by atoms with E-state index in [1.807, 2.05) is 13.8 Å². The van der Waals surface area contributed by atoms with Gasteiger partial charge in [0.25, 0.3) is 0 Å². The Morgan fingerprint density at radius 2 is 1.56 bits per heavy atom. The molecule has 0 spiro atoms. The van der Waals surface area contributed by atoms with Crippen LogP contribution in [0.25, 0.3) is 11.5 Å². The Hall–Kier alpha value is -3.51. The lowest BCUT2D eigenvalue weighted by molar-refractivity contribution is -0.141. The lowest BCUT2D eigenvalue weighted by Gasteiger charge is -2.14. The van der Waals surface area contributed by atoms with E-state index in [1.54, 1.807) is 0 Å². The maximum absolute atomic E-state index is 13.0. The van der Waals surface area contributed by atoms with Crippen LogP contribution in [0.4, 0.5) is 43.9 Å². The SMILES string of the molecule is CCC(C)Nc1nc(Nc2ccnc(C(F)(F)F)c2)nc(-c2cccc(C(F)(F)F)n2)n1. The zero-order chi connectivity index (χ0) is 23.5. The van der Waals surface area contributed by atoms with Crippen LogP contribution >= 0.6 is 0 Å². The van der Waals surface area contributed by atoms with Gasteiger partial charge in [0.05, 0.1) is 0 Å². The molecule has 0 aliphatic carbocycles. The molecule has 3 heterocycles. The maximum atomic E-state index is 13.0. The van der Waals surface area contributed by atoms with Crippen molar-refractivity contribution in [2.75, 3.05) is 10.6 Å². The quantitative estimate of drug-likeness (QED) is 0.485. The molecule has 0 aromatic carbocycles. The van der Waals surface area contributed by atoms with Crippen LogP contribution in [0.1, 0.15) is 31.7 Å². The first-order valence-corrected chi connectivity index (χ1v) is 9.33. The Morgan fingerprint density at radius 1 is 0.875 bits per heavy atom. The van der Waals surface area contributed by atoms with Crippen LogP contribution in [-0.4, -0.2) is 31.0 Å². The van der Waals surface area contributed by atoms with Crippen LogP contribution in [0, 0.1) is 0 Å². The van der Waals surface area contributed by atoms with Crippen LogP contribution in [0.15, 0.2) is 36.5 Å². The van der Waals surface area contributed by atoms with Gasteiger partial charge in [-0.1, -0.05) is 13.0 Å². The fourth-order valence-electron chi connectivity index (χ4n) is 2.44. The smallest absolute Gasteiger partial charge is 0.352 e. The Kier molecular flexibility index (Phi) is 6.46. The van der Waals surface area contributed by atoms with Crippen molar-refractivity contribution < 1.29 is 26.3 Å². The summed E-state index contributed by atoms with van der Waals surface area (Å²) in [4.78, 5) is 19.1. The molecule has 3 rings (SSSR count). The van der Waals surface area contributed by atoms with Gasteiger partial charge in [0.1, 0.15) is 17.1 Å². The van der Waals surface area contributed by atoms with Crippen molar-refractivity contribution >= 4 is 17.6 Å². The van der Waals surface area contributed by atoms with Gasteiger partial charge in [-0.05, 0) is 37.6 Å². The predicted molar refractivity (Wildman–Crippen MR) is 104 cm³/mol. The average Bonchev–Trinajstić information content (AvgIpc) is 2.72. The molecular formula is C19H17F6N7. The lowest BCUT2D eigenvalue weighted by atomic mass is 10.2. The summed E-state index contributed by atoms with van der Waals surface area (Å²) in [5.74, 6) is -0.347. The number of nitrogens with one attached hydrogen (secondary N) is 2. The minimum Gasteiger partial charge on any atom is -0.352 e. The van der Waals surface area contributed by atoms with Gasteiger partial charge in [-0.3, -0.25) is 4.98 Å². The standard InChI is InChI=1S/C19H17F6N7/c1-3-10(2)27-16-30-15(12-5-4-6-13(29-12)18(20,21)22)31-17(32-16)28-11-7-8-26-14(9-11)19(23,24)25/h4-10H,3H2,1-2H3,(H2,26,27,28,30,31,32). The molecule has 2 N–H and O–H groups in total. The third kappa shape index (κ3) is 5.80. The highest BCUT2D eigenvalue weighted by Gasteiger charge is 2.33. The summed E-state index contributed by atoms with van der Waals surface area (Å²) < 4.78 is 77.9. The molecule has 0 saturated heterocycles. The summed E-state index contributed by atoms with van der Waals surface area (Å²) in [6.07, 6.45) is -7.69. The summed E-state index contributed by atoms with van der Waals surface area (Å²) in [5.41, 5.74) is -2.46. The molecule has 0 aliphatic heterocycles. The molecule has 7 nitrogen and oxygen atoms in total. The van der Waals surface area contributed by atoms with Crippen molar-refractivity contribution in [3.05, 3.63) is 47.9 Å². The highest BCUT2D eigenvalue weighted by molar-refractivity contribution is 5.59. The Labute approximate surface area is 178 Å². The zero-order valence-corrected chi connectivity index (χ0v) is 16.8. The molecule has 13 heteroatoms. The second-order valence-electron chi connectivity index (χ2n) is 6.72. The van der Waals surface area contributed by atoms with Crippen molar-refractivity contribution in [2.45, 2.75) is 38.7 Å². The molecule has 0 bridgehead atoms. The van der Waals surface area contributed by atoms with Gasteiger partial charge in [0.15, 0.2) is 5.82 Å². The van der Waals surface area contributed by atoms with E-state index in [1.165, 1.54) is 12.1 Å². The molecule has 0 aliphatic rings. The highest BCUT2D eigenvalue weighted by Crippen LogP contribution is 2.31. The molecule has 0 radical (unpaired) electrons. The van der Waals surface area contributed by atoms with Crippen molar-refractivity contribution in [1.82, 2.24) is 24.9 Å². The molecule has 0 saturated carbocycles. The first-order chi connectivity index (χ1) is 15.0. The number of halogens is 6. The van der Waals surface area contributed by atoms with Crippen molar-refractivity contribution in [3.63, 3.8) is 0 Å². The molecular weight excluding hydrogens is 440 g/mol. The number of nitrogens with zero attached hydrogens (tertiary/aromatic N) is 5. The first-order valence-electron chi connectivity index (χ1n) is 9.33. The fraction of sp³-hybridized carbons (Fsp3) is 0.316. The van der Waals surface area contributed by atoms with Gasteiger partial charge < -0.3 is 10.6 Å². The molecule has 1 unspecified atom stereocenters. The van der Waals surface area contributed by atoms with Crippen LogP contribution in [0.3, 0.4) is 0 Å². The van der Waals surface area contributed by atoms with Gasteiger partial charge in [-0.25, -0.2) is 4.98 Å². The fourth-order valence-corrected chi connectivity index (χ4v) is 2.44. The first kappa shape index (κ1) is 23.2. The van der Waals surface area contributed by atoms with E-state index in [0.29, 0.717) is 6.42 Å². The van der Waals surface area contributed by atoms with Gasteiger partial charge in [0.2, 0.25) is 11.9 Å². The number of rotatable bonds is 6. The summed E-state index contributed by atoms with van der Waals surface area (Å²) in [6, 6.07) is 5.18. The van der Waals surface area contributed by atoms with Crippen molar-refractivity contribution in [2.24, 2.45) is 0 Å². The molecule has 3 aromatic heterocycles. The molecule has 0 amide bonds. The lowest BCUT2D eigenvalue weighted by Crippen LogP contribution is -2.17. The van der Waals surface area contributed by atoms with Gasteiger partial charge in [-0.2, -0.15) is 41.3 Å². The van der Waals surface area contributed by atoms with E-state index in [4.69, 9.17) is 0 Å². The minimum absolute atomic E-state index is 0.0176. The Morgan fingerprint density at radius 3 is 2.22 bits per heavy atom. The Bertz CT molecular complexity index is 1080. The average molecular weight is 457 g/mol. The van der Waals surface area contributed by atoms with Gasteiger partial charge in [0, 0.05) is 17.9 Å². The maximum Gasteiger partial charge on any atom is 0.433 e. The largest absolute Gasteiger partial charge is 0.433 e.